The van der Waals surface area contributed by atoms with Crippen molar-refractivity contribution in [3.63, 3.8) is 0 Å². The highest BCUT2D eigenvalue weighted by atomic mass is 14.8. The Labute approximate surface area is 129 Å². The monoisotopic (exact) mass is 283 g/mol. The summed E-state index contributed by atoms with van der Waals surface area (Å²) < 4.78 is 0. The average molecular weight is 284 g/mol. The molecule has 0 aromatic carbocycles. The van der Waals surface area contributed by atoms with Gasteiger partial charge >= 0.3 is 0 Å². The van der Waals surface area contributed by atoms with E-state index in [-0.39, 0.29) is 0 Å². The molecule has 0 aromatic heterocycles. The summed E-state index contributed by atoms with van der Waals surface area (Å²) >= 11 is 0. The topological polar surface area (TPSA) is 12.0 Å². The molecule has 1 heteroatoms. The fourth-order valence-electron chi connectivity index (χ4n) is 3.34. The molecular formula is C19H41N. The molecule has 1 nitrogen and oxygen atoms in total. The zero-order valence-electron chi connectivity index (χ0n) is 14.9. The molecule has 0 aromatic rings. The third-order valence-corrected chi connectivity index (χ3v) is 4.92. The van der Waals surface area contributed by atoms with Gasteiger partial charge in [0.1, 0.15) is 0 Å². The molecule has 0 saturated carbocycles. The third-order valence-electron chi connectivity index (χ3n) is 4.92. The van der Waals surface area contributed by atoms with E-state index >= 15 is 0 Å². The Morgan fingerprint density at radius 2 is 1.15 bits per heavy atom. The molecule has 0 heterocycles. The number of hydrogen-bond donors (Lipinski definition) is 1. The van der Waals surface area contributed by atoms with Gasteiger partial charge in [-0.3, -0.25) is 0 Å². The van der Waals surface area contributed by atoms with Crippen LogP contribution < -0.4 is 5.32 Å². The molecule has 122 valence electrons. The third kappa shape index (κ3) is 9.80. The number of hydrogen-bond acceptors (Lipinski definition) is 1. The van der Waals surface area contributed by atoms with E-state index in [9.17, 15) is 0 Å². The minimum absolute atomic E-state index is 0.576. The molecule has 0 bridgehead atoms. The molecule has 1 unspecified atom stereocenters. The Kier molecular flexibility index (Phi) is 13.9. The largest absolute Gasteiger partial charge is 0.319 e. The van der Waals surface area contributed by atoms with Crippen molar-refractivity contribution in [1.29, 1.82) is 0 Å². The lowest BCUT2D eigenvalue weighted by Crippen LogP contribution is -2.32. The molecule has 0 spiro atoms. The summed E-state index contributed by atoms with van der Waals surface area (Å²) in [5.41, 5.74) is 0.576. The fourth-order valence-corrected chi connectivity index (χ4v) is 3.34. The summed E-state index contributed by atoms with van der Waals surface area (Å²) in [5.74, 6) is 0. The fraction of sp³-hybridized carbons (Fsp3) is 1.00. The smallest absolute Gasteiger partial charge is 0.000470 e. The summed E-state index contributed by atoms with van der Waals surface area (Å²) in [4.78, 5) is 0. The van der Waals surface area contributed by atoms with Gasteiger partial charge in [-0.25, -0.2) is 0 Å². The van der Waals surface area contributed by atoms with Crippen LogP contribution in [0, 0.1) is 5.41 Å². The van der Waals surface area contributed by atoms with E-state index in [1.165, 1.54) is 90.0 Å². The molecule has 0 aliphatic carbocycles. The molecule has 0 radical (unpaired) electrons. The molecular weight excluding hydrogens is 242 g/mol. The van der Waals surface area contributed by atoms with E-state index in [0.717, 1.165) is 0 Å². The number of nitrogens with one attached hydrogen (secondary N) is 1. The van der Waals surface area contributed by atoms with Crippen molar-refractivity contribution in [3.8, 4) is 0 Å². The van der Waals surface area contributed by atoms with Gasteiger partial charge in [0.05, 0.1) is 0 Å². The van der Waals surface area contributed by atoms with Gasteiger partial charge in [0.25, 0.3) is 0 Å². The van der Waals surface area contributed by atoms with Crippen molar-refractivity contribution in [2.45, 2.75) is 104 Å². The normalized spacial score (nSPS) is 14.4. The minimum atomic E-state index is 0.576. The maximum absolute atomic E-state index is 3.44. The van der Waals surface area contributed by atoms with Crippen LogP contribution in [0.1, 0.15) is 104 Å². The van der Waals surface area contributed by atoms with Gasteiger partial charge < -0.3 is 5.32 Å². The quantitative estimate of drug-likeness (QED) is 0.347. The van der Waals surface area contributed by atoms with Crippen molar-refractivity contribution < 1.29 is 0 Å². The maximum Gasteiger partial charge on any atom is 0.000470 e. The molecule has 0 aliphatic heterocycles. The summed E-state index contributed by atoms with van der Waals surface area (Å²) in [6.45, 7) is 8.20. The van der Waals surface area contributed by atoms with Gasteiger partial charge in [0, 0.05) is 6.54 Å². The van der Waals surface area contributed by atoms with Crippen molar-refractivity contribution in [2.75, 3.05) is 13.6 Å². The lowest BCUT2D eigenvalue weighted by atomic mass is 9.76. The van der Waals surface area contributed by atoms with Crippen LogP contribution in [0.15, 0.2) is 0 Å². The number of unbranched alkanes of at least 4 members (excludes halogenated alkanes) is 8. The van der Waals surface area contributed by atoms with Gasteiger partial charge in [-0.15, -0.1) is 0 Å². The highest BCUT2D eigenvalue weighted by Crippen LogP contribution is 2.34. The van der Waals surface area contributed by atoms with Crippen molar-refractivity contribution >= 4 is 0 Å². The van der Waals surface area contributed by atoms with E-state index in [0.29, 0.717) is 5.41 Å². The predicted molar refractivity (Wildman–Crippen MR) is 93.4 cm³/mol. The SMILES string of the molecule is CCCCCCCCCCC(CC)(CCCC)CNC. The molecule has 0 fully saturated rings. The Morgan fingerprint density at radius 1 is 0.650 bits per heavy atom. The molecule has 0 aliphatic rings. The predicted octanol–water partition coefficient (Wildman–Crippen LogP) is 6.32. The Balaban J connectivity index is 3.77. The van der Waals surface area contributed by atoms with Gasteiger partial charge in [-0.05, 0) is 31.7 Å². The first kappa shape index (κ1) is 20.0. The molecule has 0 rings (SSSR count). The molecule has 20 heavy (non-hydrogen) atoms. The maximum atomic E-state index is 3.44. The first-order valence-corrected chi connectivity index (χ1v) is 9.39. The summed E-state index contributed by atoms with van der Waals surface area (Å²) in [6, 6.07) is 0. The van der Waals surface area contributed by atoms with Crippen LogP contribution >= 0.6 is 0 Å². The van der Waals surface area contributed by atoms with Crippen molar-refractivity contribution in [2.24, 2.45) is 5.41 Å². The molecule has 1 N–H and O–H groups in total. The van der Waals surface area contributed by atoms with Crippen LogP contribution in [0.25, 0.3) is 0 Å². The van der Waals surface area contributed by atoms with Crippen LogP contribution in [-0.2, 0) is 0 Å². The summed E-state index contributed by atoms with van der Waals surface area (Å²) in [5, 5.41) is 3.44. The lowest BCUT2D eigenvalue weighted by molar-refractivity contribution is 0.209. The summed E-state index contributed by atoms with van der Waals surface area (Å²) in [7, 11) is 2.12. The first-order chi connectivity index (χ1) is 9.74. The standard InChI is InChI=1S/C19H41N/c1-5-8-10-11-12-13-14-15-17-19(7-3,18-20-4)16-9-6-2/h20H,5-18H2,1-4H3. The average Bonchev–Trinajstić information content (AvgIpc) is 2.47. The zero-order valence-corrected chi connectivity index (χ0v) is 14.9. The Bertz CT molecular complexity index is 190. The molecule has 0 amide bonds. The Morgan fingerprint density at radius 3 is 1.65 bits per heavy atom. The van der Waals surface area contributed by atoms with Crippen LogP contribution in [0.2, 0.25) is 0 Å². The highest BCUT2D eigenvalue weighted by Gasteiger charge is 2.25. The van der Waals surface area contributed by atoms with Gasteiger partial charge in [0.2, 0.25) is 0 Å². The van der Waals surface area contributed by atoms with Gasteiger partial charge in [-0.2, -0.15) is 0 Å². The van der Waals surface area contributed by atoms with E-state index in [1.807, 2.05) is 0 Å². The highest BCUT2D eigenvalue weighted by molar-refractivity contribution is 4.80. The second-order valence-electron chi connectivity index (χ2n) is 6.71. The second kappa shape index (κ2) is 13.9. The van der Waals surface area contributed by atoms with E-state index in [1.54, 1.807) is 0 Å². The zero-order chi connectivity index (χ0) is 15.1. The van der Waals surface area contributed by atoms with Crippen molar-refractivity contribution in [3.05, 3.63) is 0 Å². The lowest BCUT2D eigenvalue weighted by Gasteiger charge is -2.33. The van der Waals surface area contributed by atoms with Gasteiger partial charge in [-0.1, -0.05) is 85.0 Å². The first-order valence-electron chi connectivity index (χ1n) is 9.39. The van der Waals surface area contributed by atoms with Crippen LogP contribution in [0.5, 0.6) is 0 Å². The molecule has 1 atom stereocenters. The molecule has 0 saturated heterocycles. The minimum Gasteiger partial charge on any atom is -0.319 e. The Hall–Kier alpha value is -0.0400. The van der Waals surface area contributed by atoms with Crippen molar-refractivity contribution in [1.82, 2.24) is 5.32 Å². The van der Waals surface area contributed by atoms with E-state index in [2.05, 4.69) is 33.1 Å². The van der Waals surface area contributed by atoms with Crippen LogP contribution in [-0.4, -0.2) is 13.6 Å². The summed E-state index contributed by atoms with van der Waals surface area (Å²) in [6.07, 6.45) is 18.4. The van der Waals surface area contributed by atoms with E-state index < -0.39 is 0 Å². The second-order valence-corrected chi connectivity index (χ2v) is 6.71. The van der Waals surface area contributed by atoms with E-state index in [4.69, 9.17) is 0 Å². The number of rotatable bonds is 15. The van der Waals surface area contributed by atoms with Crippen LogP contribution in [0.4, 0.5) is 0 Å². The van der Waals surface area contributed by atoms with Gasteiger partial charge in [0.15, 0.2) is 0 Å². The van der Waals surface area contributed by atoms with Crippen LogP contribution in [0.3, 0.4) is 0 Å².